The van der Waals surface area contributed by atoms with Crippen molar-refractivity contribution in [3.63, 3.8) is 0 Å². The number of amides is 2. The first-order valence-electron chi connectivity index (χ1n) is 7.40. The highest BCUT2D eigenvalue weighted by atomic mass is 35.5. The van der Waals surface area contributed by atoms with Crippen molar-refractivity contribution in [1.29, 1.82) is 0 Å². The SMILES string of the molecule is CCCCNC(=O)c1sc(NC(=O)CCl)c(C(=O)OCC)c1C. The number of halogens is 1. The molecule has 0 aliphatic carbocycles. The van der Waals surface area contributed by atoms with Gasteiger partial charge in [0.15, 0.2) is 0 Å². The van der Waals surface area contributed by atoms with Gasteiger partial charge in [0.2, 0.25) is 5.91 Å². The molecule has 2 amide bonds. The Hall–Kier alpha value is -1.60. The van der Waals surface area contributed by atoms with Gasteiger partial charge in [-0.1, -0.05) is 13.3 Å². The zero-order valence-electron chi connectivity index (χ0n) is 13.5. The molecule has 0 saturated heterocycles. The summed E-state index contributed by atoms with van der Waals surface area (Å²) in [5.41, 5.74) is 0.697. The van der Waals surface area contributed by atoms with Crippen LogP contribution in [0.15, 0.2) is 0 Å². The van der Waals surface area contributed by atoms with Crippen LogP contribution in [0.25, 0.3) is 0 Å². The van der Waals surface area contributed by atoms with Gasteiger partial charge in [-0.25, -0.2) is 4.79 Å². The van der Waals surface area contributed by atoms with Crippen LogP contribution >= 0.6 is 22.9 Å². The standard InChI is InChI=1S/C15H21ClN2O4S/c1-4-6-7-17-13(20)12-9(3)11(15(21)22-5-2)14(23-12)18-10(19)8-16/h4-8H2,1-3H3,(H,17,20)(H,18,19). The smallest absolute Gasteiger partial charge is 0.341 e. The van der Waals surface area contributed by atoms with E-state index in [-0.39, 0.29) is 29.0 Å². The normalized spacial score (nSPS) is 10.3. The van der Waals surface area contributed by atoms with Crippen LogP contribution in [-0.4, -0.2) is 36.8 Å². The highest BCUT2D eigenvalue weighted by molar-refractivity contribution is 7.18. The number of alkyl halides is 1. The molecule has 2 N–H and O–H groups in total. The van der Waals surface area contributed by atoms with Crippen molar-refractivity contribution in [2.45, 2.75) is 33.6 Å². The highest BCUT2D eigenvalue weighted by Gasteiger charge is 2.26. The van der Waals surface area contributed by atoms with Gasteiger partial charge in [-0.15, -0.1) is 22.9 Å². The largest absolute Gasteiger partial charge is 0.462 e. The van der Waals surface area contributed by atoms with E-state index in [1.165, 1.54) is 0 Å². The summed E-state index contributed by atoms with van der Waals surface area (Å²) in [7, 11) is 0. The van der Waals surface area contributed by atoms with Gasteiger partial charge in [0.1, 0.15) is 10.9 Å². The zero-order chi connectivity index (χ0) is 17.4. The lowest BCUT2D eigenvalue weighted by Crippen LogP contribution is -2.24. The van der Waals surface area contributed by atoms with E-state index in [0.29, 0.717) is 17.0 Å². The fourth-order valence-electron chi connectivity index (χ4n) is 1.89. The van der Waals surface area contributed by atoms with Crippen molar-refractivity contribution in [3.8, 4) is 0 Å². The second kappa shape index (κ2) is 9.52. The Bertz CT molecular complexity index is 586. The minimum Gasteiger partial charge on any atom is -0.462 e. The van der Waals surface area contributed by atoms with E-state index in [4.69, 9.17) is 16.3 Å². The predicted molar refractivity (Wildman–Crippen MR) is 91.6 cm³/mol. The number of carbonyl (C=O) groups is 3. The Morgan fingerprint density at radius 2 is 1.96 bits per heavy atom. The van der Waals surface area contributed by atoms with Gasteiger partial charge in [0.05, 0.1) is 17.0 Å². The van der Waals surface area contributed by atoms with E-state index in [9.17, 15) is 14.4 Å². The third kappa shape index (κ3) is 5.21. The fraction of sp³-hybridized carbons (Fsp3) is 0.533. The molecule has 1 aromatic rings. The molecule has 0 atom stereocenters. The molecule has 8 heteroatoms. The minimum atomic E-state index is -0.571. The monoisotopic (exact) mass is 360 g/mol. The van der Waals surface area contributed by atoms with Crippen molar-refractivity contribution >= 4 is 45.7 Å². The molecule has 23 heavy (non-hydrogen) atoms. The Balaban J connectivity index is 3.12. The molecular weight excluding hydrogens is 340 g/mol. The summed E-state index contributed by atoms with van der Waals surface area (Å²) in [5, 5.41) is 5.63. The number of hydrogen-bond donors (Lipinski definition) is 2. The number of carbonyl (C=O) groups excluding carboxylic acids is 3. The fourth-order valence-corrected chi connectivity index (χ4v) is 3.08. The first-order valence-corrected chi connectivity index (χ1v) is 8.75. The van der Waals surface area contributed by atoms with Crippen LogP contribution in [0.5, 0.6) is 0 Å². The van der Waals surface area contributed by atoms with E-state index in [1.807, 2.05) is 6.92 Å². The quantitative estimate of drug-likeness (QED) is 0.424. The van der Waals surface area contributed by atoms with Gasteiger partial charge in [-0.2, -0.15) is 0 Å². The number of nitrogens with one attached hydrogen (secondary N) is 2. The average Bonchev–Trinajstić information content (AvgIpc) is 2.84. The van der Waals surface area contributed by atoms with Crippen molar-refractivity contribution in [2.75, 3.05) is 24.3 Å². The van der Waals surface area contributed by atoms with Gasteiger partial charge in [0.25, 0.3) is 5.91 Å². The lowest BCUT2D eigenvalue weighted by atomic mass is 10.1. The molecule has 0 fully saturated rings. The minimum absolute atomic E-state index is 0.203. The van der Waals surface area contributed by atoms with Crippen LogP contribution in [-0.2, 0) is 9.53 Å². The number of ether oxygens (including phenoxy) is 1. The number of unbranched alkanes of at least 4 members (excludes halogenated alkanes) is 1. The van der Waals surface area contributed by atoms with Gasteiger partial charge >= 0.3 is 5.97 Å². The van der Waals surface area contributed by atoms with Gasteiger partial charge in [0, 0.05) is 6.54 Å². The average molecular weight is 361 g/mol. The van der Waals surface area contributed by atoms with Crippen molar-refractivity contribution in [3.05, 3.63) is 16.0 Å². The summed E-state index contributed by atoms with van der Waals surface area (Å²) in [4.78, 5) is 36.3. The third-order valence-electron chi connectivity index (χ3n) is 3.02. The number of anilines is 1. The molecule has 0 bridgehead atoms. The highest BCUT2D eigenvalue weighted by Crippen LogP contribution is 2.33. The Kier molecular flexibility index (Phi) is 8.05. The van der Waals surface area contributed by atoms with E-state index >= 15 is 0 Å². The number of esters is 1. The summed E-state index contributed by atoms with van der Waals surface area (Å²) in [5.74, 6) is -1.52. The number of rotatable bonds is 8. The van der Waals surface area contributed by atoms with Crippen molar-refractivity contribution < 1.29 is 19.1 Å². The topological polar surface area (TPSA) is 84.5 Å². The van der Waals surface area contributed by atoms with Gasteiger partial charge < -0.3 is 15.4 Å². The van der Waals surface area contributed by atoms with E-state index < -0.39 is 11.9 Å². The molecule has 6 nitrogen and oxygen atoms in total. The second-order valence-corrected chi connectivity index (χ2v) is 6.06. The van der Waals surface area contributed by atoms with Crippen molar-refractivity contribution in [1.82, 2.24) is 5.32 Å². The summed E-state index contributed by atoms with van der Waals surface area (Å²) in [6, 6.07) is 0. The summed E-state index contributed by atoms with van der Waals surface area (Å²) in [6.07, 6.45) is 1.84. The van der Waals surface area contributed by atoms with E-state index in [2.05, 4.69) is 10.6 Å². The molecule has 128 valence electrons. The molecule has 1 aromatic heterocycles. The molecule has 0 spiro atoms. The van der Waals surface area contributed by atoms with Crippen LogP contribution in [0, 0.1) is 6.92 Å². The summed E-state index contributed by atoms with van der Waals surface area (Å²) >= 11 is 6.53. The molecule has 0 aromatic carbocycles. The van der Waals surface area contributed by atoms with Crippen LogP contribution in [0.2, 0.25) is 0 Å². The molecule has 0 radical (unpaired) electrons. The molecule has 0 saturated carbocycles. The second-order valence-electron chi connectivity index (χ2n) is 4.77. The maximum Gasteiger partial charge on any atom is 0.341 e. The Labute approximate surface area is 144 Å². The molecule has 1 rings (SSSR count). The third-order valence-corrected chi connectivity index (χ3v) is 4.47. The molecule has 0 aliphatic heterocycles. The molecule has 0 aliphatic rings. The Morgan fingerprint density at radius 3 is 2.52 bits per heavy atom. The van der Waals surface area contributed by atoms with Crippen LogP contribution in [0.3, 0.4) is 0 Å². The Morgan fingerprint density at radius 1 is 1.26 bits per heavy atom. The molecule has 0 unspecified atom stereocenters. The van der Waals surface area contributed by atoms with Gasteiger partial charge in [-0.3, -0.25) is 9.59 Å². The number of hydrogen-bond acceptors (Lipinski definition) is 5. The van der Waals surface area contributed by atoms with Crippen LogP contribution < -0.4 is 10.6 Å². The summed E-state index contributed by atoms with van der Waals surface area (Å²) in [6.45, 7) is 6.14. The predicted octanol–water partition coefficient (Wildman–Crippen LogP) is 2.94. The first kappa shape index (κ1) is 19.4. The first-order chi connectivity index (χ1) is 11.0. The number of thiophene rings is 1. The maximum atomic E-state index is 12.3. The van der Waals surface area contributed by atoms with Crippen LogP contribution in [0.1, 0.15) is 52.3 Å². The van der Waals surface area contributed by atoms with Gasteiger partial charge in [-0.05, 0) is 25.8 Å². The summed E-state index contributed by atoms with van der Waals surface area (Å²) < 4.78 is 5.01. The van der Waals surface area contributed by atoms with Crippen LogP contribution in [0.4, 0.5) is 5.00 Å². The maximum absolute atomic E-state index is 12.3. The van der Waals surface area contributed by atoms with E-state index in [1.54, 1.807) is 13.8 Å². The molecular formula is C15H21ClN2O4S. The lowest BCUT2D eigenvalue weighted by molar-refractivity contribution is -0.113. The lowest BCUT2D eigenvalue weighted by Gasteiger charge is -2.06. The molecule has 1 heterocycles. The van der Waals surface area contributed by atoms with Crippen molar-refractivity contribution in [2.24, 2.45) is 0 Å². The van der Waals surface area contributed by atoms with E-state index in [0.717, 1.165) is 24.2 Å². The zero-order valence-corrected chi connectivity index (χ0v) is 15.0.